The van der Waals surface area contributed by atoms with Crippen LogP contribution < -0.4 is 10.6 Å². The van der Waals surface area contributed by atoms with E-state index in [4.69, 9.17) is 16.9 Å². The van der Waals surface area contributed by atoms with Gasteiger partial charge in [-0.25, -0.2) is 0 Å². The Kier molecular flexibility index (Phi) is 5.60. The number of hydrogen-bond donors (Lipinski definition) is 2. The smallest absolute Gasteiger partial charge is 0.238 e. The summed E-state index contributed by atoms with van der Waals surface area (Å²) < 4.78 is 0. The lowest BCUT2D eigenvalue weighted by atomic mass is 9.86. The Morgan fingerprint density at radius 1 is 1.43 bits per heavy atom. The Labute approximate surface area is 130 Å². The molecule has 2 rings (SSSR count). The van der Waals surface area contributed by atoms with Crippen molar-refractivity contribution in [2.75, 3.05) is 11.9 Å². The second-order valence-corrected chi connectivity index (χ2v) is 6.04. The van der Waals surface area contributed by atoms with Gasteiger partial charge in [0, 0.05) is 11.1 Å². The summed E-state index contributed by atoms with van der Waals surface area (Å²) in [7, 11) is 0. The molecule has 5 heteroatoms. The molecule has 0 radical (unpaired) electrons. The maximum Gasteiger partial charge on any atom is 0.238 e. The number of benzene rings is 1. The number of carbonyl (C=O) groups is 1. The van der Waals surface area contributed by atoms with Gasteiger partial charge in [-0.2, -0.15) is 5.26 Å². The Balaban J connectivity index is 1.90. The fourth-order valence-electron chi connectivity index (χ4n) is 2.76. The van der Waals surface area contributed by atoms with Crippen molar-refractivity contribution in [3.8, 4) is 6.07 Å². The third-order valence-corrected chi connectivity index (χ3v) is 4.25. The Morgan fingerprint density at radius 2 is 2.19 bits per heavy atom. The average Bonchev–Trinajstić information content (AvgIpc) is 2.47. The summed E-state index contributed by atoms with van der Waals surface area (Å²) in [5, 5.41) is 15.6. The molecule has 0 spiro atoms. The topological polar surface area (TPSA) is 64.9 Å². The number of hydrogen-bond acceptors (Lipinski definition) is 3. The predicted octanol–water partition coefficient (Wildman–Crippen LogP) is 3.32. The van der Waals surface area contributed by atoms with Crippen LogP contribution >= 0.6 is 11.6 Å². The van der Waals surface area contributed by atoms with Crippen LogP contribution in [0.15, 0.2) is 18.2 Å². The van der Waals surface area contributed by atoms with E-state index in [1.54, 1.807) is 18.2 Å². The minimum absolute atomic E-state index is 0.147. The van der Waals surface area contributed by atoms with Gasteiger partial charge in [0.1, 0.15) is 6.07 Å². The van der Waals surface area contributed by atoms with Crippen LogP contribution in [0.5, 0.6) is 0 Å². The molecule has 1 amide bonds. The molecule has 1 saturated carbocycles. The highest BCUT2D eigenvalue weighted by molar-refractivity contribution is 6.31. The largest absolute Gasteiger partial charge is 0.324 e. The average molecular weight is 306 g/mol. The molecule has 2 N–H and O–H groups in total. The Bertz CT molecular complexity index is 553. The zero-order valence-corrected chi connectivity index (χ0v) is 12.9. The lowest BCUT2D eigenvalue weighted by Gasteiger charge is -2.29. The molecule has 1 aliphatic carbocycles. The van der Waals surface area contributed by atoms with E-state index in [9.17, 15) is 4.79 Å². The van der Waals surface area contributed by atoms with Crippen LogP contribution in [0.1, 0.15) is 38.2 Å². The first-order valence-corrected chi connectivity index (χ1v) is 7.71. The molecule has 0 aliphatic heterocycles. The van der Waals surface area contributed by atoms with Crippen LogP contribution in [0.4, 0.5) is 5.69 Å². The first-order chi connectivity index (χ1) is 10.1. The molecule has 1 fully saturated rings. The van der Waals surface area contributed by atoms with E-state index in [1.807, 2.05) is 6.07 Å². The van der Waals surface area contributed by atoms with Gasteiger partial charge in [-0.3, -0.25) is 4.79 Å². The molecule has 1 aliphatic rings. The zero-order chi connectivity index (χ0) is 15.2. The molecule has 4 nitrogen and oxygen atoms in total. The van der Waals surface area contributed by atoms with Gasteiger partial charge in [-0.15, -0.1) is 0 Å². The first-order valence-electron chi connectivity index (χ1n) is 7.33. The van der Waals surface area contributed by atoms with Crippen molar-refractivity contribution in [1.82, 2.24) is 5.32 Å². The molecule has 0 bridgehead atoms. The number of amides is 1. The monoisotopic (exact) mass is 305 g/mol. The molecular weight excluding hydrogens is 286 g/mol. The quantitative estimate of drug-likeness (QED) is 0.897. The van der Waals surface area contributed by atoms with Crippen molar-refractivity contribution in [1.29, 1.82) is 5.26 Å². The van der Waals surface area contributed by atoms with Crippen LogP contribution in [0.3, 0.4) is 0 Å². The maximum atomic E-state index is 12.0. The molecule has 112 valence electrons. The summed E-state index contributed by atoms with van der Waals surface area (Å²) in [6.07, 6.45) is 4.83. The molecule has 21 heavy (non-hydrogen) atoms. The van der Waals surface area contributed by atoms with Crippen LogP contribution in [-0.2, 0) is 4.79 Å². The highest BCUT2D eigenvalue weighted by Gasteiger charge is 2.21. The van der Waals surface area contributed by atoms with Crippen molar-refractivity contribution in [2.45, 2.75) is 38.6 Å². The Hall–Kier alpha value is -1.57. The summed E-state index contributed by atoms with van der Waals surface area (Å²) in [6, 6.07) is 7.29. The lowest BCUT2D eigenvalue weighted by Crippen LogP contribution is -2.41. The van der Waals surface area contributed by atoms with E-state index in [1.165, 1.54) is 19.3 Å². The van der Waals surface area contributed by atoms with Crippen molar-refractivity contribution in [3.63, 3.8) is 0 Å². The van der Waals surface area contributed by atoms with E-state index in [2.05, 4.69) is 17.6 Å². The number of nitriles is 1. The molecule has 0 aromatic heterocycles. The number of halogens is 1. The van der Waals surface area contributed by atoms with Crippen molar-refractivity contribution in [2.24, 2.45) is 5.92 Å². The van der Waals surface area contributed by atoms with Gasteiger partial charge in [0.15, 0.2) is 0 Å². The highest BCUT2D eigenvalue weighted by atomic mass is 35.5. The molecule has 0 heterocycles. The summed E-state index contributed by atoms with van der Waals surface area (Å²) in [5.41, 5.74) is 0.882. The summed E-state index contributed by atoms with van der Waals surface area (Å²) >= 11 is 5.90. The van der Waals surface area contributed by atoms with Crippen molar-refractivity contribution in [3.05, 3.63) is 28.8 Å². The summed E-state index contributed by atoms with van der Waals surface area (Å²) in [4.78, 5) is 12.0. The summed E-state index contributed by atoms with van der Waals surface area (Å²) in [6.45, 7) is 2.48. The number of anilines is 1. The fourth-order valence-corrected chi connectivity index (χ4v) is 2.93. The molecular formula is C16H20ClN3O. The molecule has 1 aromatic carbocycles. The second-order valence-electron chi connectivity index (χ2n) is 5.60. The van der Waals surface area contributed by atoms with Gasteiger partial charge in [0.2, 0.25) is 5.91 Å². The SMILES string of the molecule is C[C@H]1CCCC[C@H]1NCC(=O)Nc1cc(Cl)ccc1C#N. The van der Waals surface area contributed by atoms with Gasteiger partial charge < -0.3 is 10.6 Å². The van der Waals surface area contributed by atoms with E-state index in [-0.39, 0.29) is 12.5 Å². The number of nitrogens with one attached hydrogen (secondary N) is 2. The third-order valence-electron chi connectivity index (χ3n) is 4.01. The Morgan fingerprint density at radius 3 is 2.90 bits per heavy atom. The number of carbonyl (C=O) groups excluding carboxylic acids is 1. The van der Waals surface area contributed by atoms with Gasteiger partial charge >= 0.3 is 0 Å². The molecule has 0 saturated heterocycles. The number of nitrogens with zero attached hydrogens (tertiary/aromatic N) is 1. The van der Waals surface area contributed by atoms with Crippen molar-refractivity contribution < 1.29 is 4.79 Å². The second kappa shape index (κ2) is 7.44. The molecule has 1 aromatic rings. The highest BCUT2D eigenvalue weighted by Crippen LogP contribution is 2.23. The summed E-state index contributed by atoms with van der Waals surface area (Å²) in [5.74, 6) is 0.457. The number of rotatable bonds is 4. The van der Waals surface area contributed by atoms with E-state index in [0.717, 1.165) is 6.42 Å². The molecule has 2 atom stereocenters. The predicted molar refractivity (Wildman–Crippen MR) is 84.2 cm³/mol. The van der Waals surface area contributed by atoms with Gasteiger partial charge in [-0.1, -0.05) is 31.4 Å². The van der Waals surface area contributed by atoms with Crippen LogP contribution in [0.25, 0.3) is 0 Å². The van der Waals surface area contributed by atoms with Gasteiger partial charge in [0.25, 0.3) is 0 Å². The zero-order valence-electron chi connectivity index (χ0n) is 12.2. The standard InChI is InChI=1S/C16H20ClN3O/c1-11-4-2-3-5-14(11)19-10-16(21)20-15-8-13(17)7-6-12(15)9-18/h6-8,11,14,19H,2-5,10H2,1H3,(H,20,21)/t11-,14+/m0/s1. The minimum Gasteiger partial charge on any atom is -0.324 e. The van der Waals surface area contributed by atoms with E-state index >= 15 is 0 Å². The lowest BCUT2D eigenvalue weighted by molar-refractivity contribution is -0.115. The van der Waals surface area contributed by atoms with E-state index < -0.39 is 0 Å². The van der Waals surface area contributed by atoms with Gasteiger partial charge in [0.05, 0.1) is 17.8 Å². The van der Waals surface area contributed by atoms with Crippen LogP contribution in [0.2, 0.25) is 5.02 Å². The minimum atomic E-state index is -0.147. The normalized spacial score (nSPS) is 21.6. The maximum absolute atomic E-state index is 12.0. The fraction of sp³-hybridized carbons (Fsp3) is 0.500. The van der Waals surface area contributed by atoms with Crippen LogP contribution in [0, 0.1) is 17.2 Å². The van der Waals surface area contributed by atoms with E-state index in [0.29, 0.717) is 28.2 Å². The van der Waals surface area contributed by atoms with Crippen molar-refractivity contribution >= 4 is 23.2 Å². The first kappa shape index (κ1) is 15.8. The van der Waals surface area contributed by atoms with Gasteiger partial charge in [-0.05, 0) is 37.0 Å². The van der Waals surface area contributed by atoms with Crippen LogP contribution in [-0.4, -0.2) is 18.5 Å². The third kappa shape index (κ3) is 4.45. The molecule has 0 unspecified atom stereocenters.